The lowest BCUT2D eigenvalue weighted by Gasteiger charge is -2.11. The van der Waals surface area contributed by atoms with Gasteiger partial charge in [0, 0.05) is 18.7 Å². The number of nitro benzene ring substituents is 1. The zero-order valence-electron chi connectivity index (χ0n) is 9.67. The molecule has 0 heterocycles. The van der Waals surface area contributed by atoms with Crippen molar-refractivity contribution < 1.29 is 4.92 Å². The first-order valence-corrected chi connectivity index (χ1v) is 6.04. The summed E-state index contributed by atoms with van der Waals surface area (Å²) in [5.74, 6) is 0.568. The molecule has 0 spiro atoms. The maximum absolute atomic E-state index is 10.6. The molecule has 0 saturated carbocycles. The fourth-order valence-electron chi connectivity index (χ4n) is 1.32. The fourth-order valence-corrected chi connectivity index (χ4v) is 1.93. The van der Waals surface area contributed by atoms with Gasteiger partial charge in [0.2, 0.25) is 0 Å². The van der Waals surface area contributed by atoms with Crippen molar-refractivity contribution in [3.63, 3.8) is 0 Å². The summed E-state index contributed by atoms with van der Waals surface area (Å²) >= 11 is 11.9. The second kappa shape index (κ2) is 6.07. The summed E-state index contributed by atoms with van der Waals surface area (Å²) in [6.07, 6.45) is 0.976. The van der Waals surface area contributed by atoms with Gasteiger partial charge in [0.25, 0.3) is 5.69 Å². The van der Waals surface area contributed by atoms with Gasteiger partial charge in [0.05, 0.1) is 20.7 Å². The highest BCUT2D eigenvalue weighted by Crippen LogP contribution is 2.34. The van der Waals surface area contributed by atoms with E-state index in [9.17, 15) is 10.1 Å². The molecule has 0 aliphatic heterocycles. The minimum Gasteiger partial charge on any atom is -0.383 e. The number of nitrogens with zero attached hydrogens (tertiary/aromatic N) is 1. The van der Waals surface area contributed by atoms with E-state index < -0.39 is 4.92 Å². The SMILES string of the molecule is CC(C)CCNc1c(Cl)cc([N+](=O)[O-])cc1Cl. The maximum atomic E-state index is 10.6. The first-order chi connectivity index (χ1) is 7.91. The summed E-state index contributed by atoms with van der Waals surface area (Å²) in [7, 11) is 0. The average Bonchev–Trinajstić information content (AvgIpc) is 2.21. The molecular weight excluding hydrogens is 263 g/mol. The fraction of sp³-hybridized carbons (Fsp3) is 0.455. The normalized spacial score (nSPS) is 10.6. The van der Waals surface area contributed by atoms with Gasteiger partial charge in [-0.05, 0) is 12.3 Å². The van der Waals surface area contributed by atoms with E-state index in [4.69, 9.17) is 23.2 Å². The molecule has 0 aliphatic carbocycles. The van der Waals surface area contributed by atoms with Crippen LogP contribution in [0.15, 0.2) is 12.1 Å². The predicted molar refractivity (Wildman–Crippen MR) is 71.1 cm³/mol. The summed E-state index contributed by atoms with van der Waals surface area (Å²) in [4.78, 5) is 10.1. The van der Waals surface area contributed by atoms with E-state index in [-0.39, 0.29) is 15.7 Å². The molecule has 1 N–H and O–H groups in total. The van der Waals surface area contributed by atoms with Crippen molar-refractivity contribution >= 4 is 34.6 Å². The number of hydrogen-bond donors (Lipinski definition) is 1. The van der Waals surface area contributed by atoms with Crippen LogP contribution in [0, 0.1) is 16.0 Å². The highest BCUT2D eigenvalue weighted by atomic mass is 35.5. The Hall–Kier alpha value is -1.00. The van der Waals surface area contributed by atoms with Crippen LogP contribution in [-0.4, -0.2) is 11.5 Å². The molecule has 0 bridgehead atoms. The van der Waals surface area contributed by atoms with Gasteiger partial charge < -0.3 is 5.32 Å². The lowest BCUT2D eigenvalue weighted by atomic mass is 10.1. The number of rotatable bonds is 5. The molecule has 4 nitrogen and oxygen atoms in total. The van der Waals surface area contributed by atoms with Crippen molar-refractivity contribution in [2.75, 3.05) is 11.9 Å². The highest BCUT2D eigenvalue weighted by Gasteiger charge is 2.14. The van der Waals surface area contributed by atoms with Crippen LogP contribution in [0.2, 0.25) is 10.0 Å². The van der Waals surface area contributed by atoms with Gasteiger partial charge in [-0.2, -0.15) is 0 Å². The molecule has 0 radical (unpaired) electrons. The minimum atomic E-state index is -0.518. The Morgan fingerprint density at radius 1 is 1.35 bits per heavy atom. The average molecular weight is 277 g/mol. The largest absolute Gasteiger partial charge is 0.383 e. The number of benzene rings is 1. The number of hydrogen-bond acceptors (Lipinski definition) is 3. The molecule has 0 unspecified atom stereocenters. The van der Waals surface area contributed by atoms with Crippen LogP contribution in [0.4, 0.5) is 11.4 Å². The van der Waals surface area contributed by atoms with Crippen molar-refractivity contribution in [1.29, 1.82) is 0 Å². The van der Waals surface area contributed by atoms with E-state index in [0.29, 0.717) is 11.6 Å². The smallest absolute Gasteiger partial charge is 0.272 e. The first-order valence-electron chi connectivity index (χ1n) is 5.29. The zero-order valence-corrected chi connectivity index (χ0v) is 11.2. The Morgan fingerprint density at radius 3 is 2.29 bits per heavy atom. The van der Waals surface area contributed by atoms with Crippen molar-refractivity contribution in [2.24, 2.45) is 5.92 Å². The molecule has 17 heavy (non-hydrogen) atoms. The summed E-state index contributed by atoms with van der Waals surface area (Å²) in [5, 5.41) is 14.2. The monoisotopic (exact) mass is 276 g/mol. The molecule has 0 atom stereocenters. The Kier molecular flexibility index (Phi) is 5.02. The Bertz CT molecular complexity index is 399. The van der Waals surface area contributed by atoms with Gasteiger partial charge in [-0.25, -0.2) is 0 Å². The van der Waals surface area contributed by atoms with Crippen LogP contribution in [0.3, 0.4) is 0 Å². The predicted octanol–water partition coefficient (Wildman–Crippen LogP) is 4.36. The lowest BCUT2D eigenvalue weighted by Crippen LogP contribution is -2.06. The molecule has 0 aromatic heterocycles. The topological polar surface area (TPSA) is 55.2 Å². The second-order valence-corrected chi connectivity index (χ2v) is 4.97. The van der Waals surface area contributed by atoms with E-state index in [0.717, 1.165) is 13.0 Å². The summed E-state index contributed by atoms with van der Waals surface area (Å²) in [5.41, 5.74) is 0.453. The van der Waals surface area contributed by atoms with Crippen LogP contribution in [0.25, 0.3) is 0 Å². The molecule has 1 aromatic rings. The number of anilines is 1. The zero-order chi connectivity index (χ0) is 13.0. The Labute approximate surface area is 110 Å². The molecule has 0 saturated heterocycles. The summed E-state index contributed by atoms with van der Waals surface area (Å²) in [6, 6.07) is 2.59. The molecular formula is C11H14Cl2N2O2. The van der Waals surface area contributed by atoms with Crippen LogP contribution in [0.5, 0.6) is 0 Å². The molecule has 0 aliphatic rings. The second-order valence-electron chi connectivity index (χ2n) is 4.15. The van der Waals surface area contributed by atoms with Crippen LogP contribution in [-0.2, 0) is 0 Å². The van der Waals surface area contributed by atoms with E-state index in [1.165, 1.54) is 12.1 Å². The van der Waals surface area contributed by atoms with Gasteiger partial charge in [0.15, 0.2) is 0 Å². The summed E-state index contributed by atoms with van der Waals surface area (Å²) < 4.78 is 0. The molecule has 6 heteroatoms. The first kappa shape index (κ1) is 14.1. The maximum Gasteiger partial charge on any atom is 0.272 e. The third-order valence-electron chi connectivity index (χ3n) is 2.26. The molecule has 94 valence electrons. The van der Waals surface area contributed by atoms with Gasteiger partial charge in [-0.3, -0.25) is 10.1 Å². The molecule has 1 rings (SSSR count). The molecule has 0 amide bonds. The van der Waals surface area contributed by atoms with Crippen LogP contribution < -0.4 is 5.32 Å². The van der Waals surface area contributed by atoms with Crippen molar-refractivity contribution in [2.45, 2.75) is 20.3 Å². The van der Waals surface area contributed by atoms with Gasteiger partial charge >= 0.3 is 0 Å². The lowest BCUT2D eigenvalue weighted by molar-refractivity contribution is -0.384. The van der Waals surface area contributed by atoms with E-state index in [1.807, 2.05) is 0 Å². The van der Waals surface area contributed by atoms with Crippen molar-refractivity contribution in [3.8, 4) is 0 Å². The van der Waals surface area contributed by atoms with E-state index >= 15 is 0 Å². The Morgan fingerprint density at radius 2 is 1.88 bits per heavy atom. The highest BCUT2D eigenvalue weighted by molar-refractivity contribution is 6.39. The quantitative estimate of drug-likeness (QED) is 0.642. The molecule has 1 aromatic carbocycles. The van der Waals surface area contributed by atoms with Gasteiger partial charge in [-0.1, -0.05) is 37.0 Å². The number of halogens is 2. The Balaban J connectivity index is 2.83. The van der Waals surface area contributed by atoms with Crippen LogP contribution >= 0.6 is 23.2 Å². The van der Waals surface area contributed by atoms with Crippen molar-refractivity contribution in [3.05, 3.63) is 32.3 Å². The standard InChI is InChI=1S/C11H14Cl2N2O2/c1-7(2)3-4-14-11-9(12)5-8(15(16)17)6-10(11)13/h5-7,14H,3-4H2,1-2H3. The van der Waals surface area contributed by atoms with Gasteiger partial charge in [0.1, 0.15) is 0 Å². The van der Waals surface area contributed by atoms with Gasteiger partial charge in [-0.15, -0.1) is 0 Å². The number of nitrogens with one attached hydrogen (secondary N) is 1. The minimum absolute atomic E-state index is 0.102. The summed E-state index contributed by atoms with van der Waals surface area (Å²) in [6.45, 7) is 4.95. The van der Waals surface area contributed by atoms with Crippen LogP contribution in [0.1, 0.15) is 20.3 Å². The van der Waals surface area contributed by atoms with E-state index in [1.54, 1.807) is 0 Å². The van der Waals surface area contributed by atoms with E-state index in [2.05, 4.69) is 19.2 Å². The number of non-ortho nitro benzene ring substituents is 1. The van der Waals surface area contributed by atoms with Crippen molar-refractivity contribution in [1.82, 2.24) is 0 Å². The molecule has 0 fully saturated rings. The number of nitro groups is 1. The third kappa shape index (κ3) is 4.06. The third-order valence-corrected chi connectivity index (χ3v) is 2.86.